The van der Waals surface area contributed by atoms with Gasteiger partial charge in [-0.15, -0.1) is 0 Å². The van der Waals surface area contributed by atoms with E-state index in [0.29, 0.717) is 23.7 Å². The van der Waals surface area contributed by atoms with E-state index in [1.54, 1.807) is 7.05 Å². The first-order chi connectivity index (χ1) is 16.1. The van der Waals surface area contributed by atoms with Gasteiger partial charge >= 0.3 is 0 Å². The zero-order valence-corrected chi connectivity index (χ0v) is 22.0. The second kappa shape index (κ2) is 9.61. The maximum atomic E-state index is 13.4. The van der Waals surface area contributed by atoms with Gasteiger partial charge in [0.25, 0.3) is 0 Å². The zero-order valence-electron chi connectivity index (χ0n) is 22.0. The normalized spacial score (nSPS) is 43.9. The SMILES string of the molecule is C=NN(CC(=O)[C@H]1CC[C@H]2[C@@H]3CC[C@@H]4C[C@](C)(O)CC[C@]4(COC(C)C)[C@H]3CC[C@]12C)N=NC. The Kier molecular flexibility index (Phi) is 7.27. The maximum absolute atomic E-state index is 13.4. The van der Waals surface area contributed by atoms with Crippen LogP contribution in [0, 0.1) is 40.4 Å². The monoisotopic (exact) mass is 474 g/mol. The number of ketones is 1. The molecule has 4 fully saturated rings. The molecule has 4 aliphatic rings. The van der Waals surface area contributed by atoms with E-state index >= 15 is 0 Å². The molecule has 7 nitrogen and oxygen atoms in total. The van der Waals surface area contributed by atoms with Crippen molar-refractivity contribution in [3.8, 4) is 0 Å². The van der Waals surface area contributed by atoms with E-state index < -0.39 is 5.60 Å². The third-order valence-corrected chi connectivity index (χ3v) is 10.4. The Morgan fingerprint density at radius 1 is 1.12 bits per heavy atom. The number of hydrogen-bond donors (Lipinski definition) is 1. The molecule has 0 unspecified atom stereocenters. The molecule has 0 aliphatic heterocycles. The van der Waals surface area contributed by atoms with Crippen molar-refractivity contribution in [1.29, 1.82) is 0 Å². The molecule has 0 aromatic heterocycles. The average molecular weight is 475 g/mol. The van der Waals surface area contributed by atoms with Gasteiger partial charge in [0.1, 0.15) is 6.54 Å². The summed E-state index contributed by atoms with van der Waals surface area (Å²) in [5, 5.41) is 23.8. The highest BCUT2D eigenvalue weighted by molar-refractivity contribution is 5.84. The van der Waals surface area contributed by atoms with Crippen molar-refractivity contribution >= 4 is 12.5 Å². The first-order valence-corrected chi connectivity index (χ1v) is 13.5. The van der Waals surface area contributed by atoms with E-state index in [0.717, 1.165) is 45.1 Å². The Morgan fingerprint density at radius 3 is 2.56 bits per heavy atom. The molecule has 0 heterocycles. The van der Waals surface area contributed by atoms with E-state index in [1.807, 2.05) is 6.92 Å². The number of hydrogen-bond acceptors (Lipinski definition) is 6. The van der Waals surface area contributed by atoms with Crippen molar-refractivity contribution in [3.05, 3.63) is 0 Å². The number of hydrazone groups is 1. The highest BCUT2D eigenvalue weighted by Crippen LogP contribution is 2.68. The van der Waals surface area contributed by atoms with Crippen LogP contribution in [0.3, 0.4) is 0 Å². The van der Waals surface area contributed by atoms with E-state index in [9.17, 15) is 9.90 Å². The number of aliphatic hydroxyl groups is 1. The molecule has 4 aliphatic carbocycles. The van der Waals surface area contributed by atoms with Gasteiger partial charge < -0.3 is 9.84 Å². The van der Waals surface area contributed by atoms with E-state index in [-0.39, 0.29) is 35.2 Å². The van der Waals surface area contributed by atoms with Crippen molar-refractivity contribution in [2.24, 2.45) is 55.9 Å². The summed E-state index contributed by atoms with van der Waals surface area (Å²) in [5.41, 5.74) is -0.334. The molecular weight excluding hydrogens is 428 g/mol. The molecule has 192 valence electrons. The zero-order chi connectivity index (χ0) is 24.7. The quantitative estimate of drug-likeness (QED) is 0.294. The minimum Gasteiger partial charge on any atom is -0.390 e. The summed E-state index contributed by atoms with van der Waals surface area (Å²) < 4.78 is 6.36. The molecule has 0 radical (unpaired) electrons. The van der Waals surface area contributed by atoms with Crippen LogP contribution < -0.4 is 0 Å². The van der Waals surface area contributed by atoms with Crippen LogP contribution in [0.15, 0.2) is 15.4 Å². The molecule has 1 N–H and O–H groups in total. The molecule has 8 atom stereocenters. The molecule has 7 heteroatoms. The molecule has 34 heavy (non-hydrogen) atoms. The summed E-state index contributed by atoms with van der Waals surface area (Å²) in [6, 6.07) is 0. The molecule has 0 aromatic rings. The molecule has 4 rings (SSSR count). The fourth-order valence-electron chi connectivity index (χ4n) is 8.83. The molecule has 0 saturated heterocycles. The number of carbonyl (C=O) groups excluding carboxylic acids is 1. The molecule has 0 spiro atoms. The summed E-state index contributed by atoms with van der Waals surface area (Å²) in [6.45, 7) is 13.2. The summed E-state index contributed by atoms with van der Waals surface area (Å²) in [7, 11) is 1.58. The first kappa shape index (κ1) is 25.7. The van der Waals surface area contributed by atoms with Crippen LogP contribution in [0.25, 0.3) is 0 Å². The minimum atomic E-state index is -0.548. The van der Waals surface area contributed by atoms with Gasteiger partial charge in [-0.1, -0.05) is 12.1 Å². The summed E-state index contributed by atoms with van der Waals surface area (Å²) in [4.78, 5) is 13.4. The molecule has 0 amide bonds. The van der Waals surface area contributed by atoms with Gasteiger partial charge in [-0.2, -0.15) is 15.3 Å². The second-order valence-electron chi connectivity index (χ2n) is 12.5. The fraction of sp³-hybridized carbons (Fsp3) is 0.926. The van der Waals surface area contributed by atoms with Crippen LogP contribution in [0.2, 0.25) is 0 Å². The Hall–Kier alpha value is -1.34. The van der Waals surface area contributed by atoms with Gasteiger partial charge in [0, 0.05) is 12.6 Å². The lowest BCUT2D eigenvalue weighted by Gasteiger charge is -2.62. The lowest BCUT2D eigenvalue weighted by molar-refractivity contribution is -0.183. The van der Waals surface area contributed by atoms with E-state index in [4.69, 9.17) is 4.74 Å². The highest BCUT2D eigenvalue weighted by Gasteiger charge is 2.63. The molecule has 4 saturated carbocycles. The molecular formula is C27H46N4O3. The van der Waals surface area contributed by atoms with Gasteiger partial charge in [-0.3, -0.25) is 4.79 Å². The summed E-state index contributed by atoms with van der Waals surface area (Å²) >= 11 is 0. The van der Waals surface area contributed by atoms with Gasteiger partial charge in [0.05, 0.1) is 25.4 Å². The van der Waals surface area contributed by atoms with Gasteiger partial charge in [-0.25, -0.2) is 0 Å². The Bertz CT molecular complexity index is 795. The Morgan fingerprint density at radius 2 is 1.88 bits per heavy atom. The van der Waals surface area contributed by atoms with Gasteiger partial charge in [-0.05, 0) is 113 Å². The van der Waals surface area contributed by atoms with Crippen molar-refractivity contribution in [1.82, 2.24) is 5.12 Å². The lowest BCUT2D eigenvalue weighted by Crippen LogP contribution is -2.58. The third kappa shape index (κ3) is 4.47. The molecule has 0 bridgehead atoms. The van der Waals surface area contributed by atoms with Crippen LogP contribution in [0.1, 0.15) is 85.5 Å². The van der Waals surface area contributed by atoms with Crippen LogP contribution in [-0.4, -0.2) is 54.6 Å². The highest BCUT2D eigenvalue weighted by atomic mass is 16.5. The van der Waals surface area contributed by atoms with Crippen molar-refractivity contribution in [3.63, 3.8) is 0 Å². The number of fused-ring (bicyclic) bond motifs is 5. The number of rotatable bonds is 8. The van der Waals surface area contributed by atoms with Crippen LogP contribution in [-0.2, 0) is 9.53 Å². The second-order valence-corrected chi connectivity index (χ2v) is 12.5. The minimum absolute atomic E-state index is 0.0432. The number of nitrogens with zero attached hydrogens (tertiary/aromatic N) is 4. The van der Waals surface area contributed by atoms with Crippen LogP contribution in [0.4, 0.5) is 0 Å². The van der Waals surface area contributed by atoms with Crippen LogP contribution >= 0.6 is 0 Å². The number of carbonyl (C=O) groups is 1. The Labute approximate surface area is 205 Å². The largest absolute Gasteiger partial charge is 0.390 e. The predicted molar refractivity (Wildman–Crippen MR) is 133 cm³/mol. The smallest absolute Gasteiger partial charge is 0.159 e. The van der Waals surface area contributed by atoms with Gasteiger partial charge in [0.2, 0.25) is 0 Å². The Balaban J connectivity index is 1.56. The third-order valence-electron chi connectivity index (χ3n) is 10.4. The molecule has 0 aromatic carbocycles. The summed E-state index contributed by atoms with van der Waals surface area (Å²) in [5.74, 6) is 2.68. The summed E-state index contributed by atoms with van der Waals surface area (Å²) in [6.07, 6.45) is 9.81. The van der Waals surface area contributed by atoms with Crippen molar-refractivity contribution in [2.75, 3.05) is 20.2 Å². The average Bonchev–Trinajstić information content (AvgIpc) is 3.14. The lowest BCUT2D eigenvalue weighted by atomic mass is 9.43. The van der Waals surface area contributed by atoms with Crippen molar-refractivity contribution < 1.29 is 14.6 Å². The van der Waals surface area contributed by atoms with Crippen molar-refractivity contribution in [2.45, 2.75) is 97.2 Å². The van der Waals surface area contributed by atoms with Crippen LogP contribution in [0.5, 0.6) is 0 Å². The number of ether oxygens (including phenoxy) is 1. The maximum Gasteiger partial charge on any atom is 0.159 e. The number of Topliss-reactive ketones (excluding diaryl/α,β-unsaturated/α-hetero) is 1. The van der Waals surface area contributed by atoms with E-state index in [1.165, 1.54) is 24.4 Å². The fourth-order valence-corrected chi connectivity index (χ4v) is 8.83. The standard InChI is InChI=1S/C27H46N4O3/c1-18(2)34-17-27-14-13-25(3,33)15-19(27)7-8-20-21-9-10-23(26(21,4)12-11-22(20)27)24(32)16-31(29-6)30-28-5/h18-23,33H,6-17H2,1-5H3/t19-,20+,21+,22+,23-,25-,26+,27-/m1/s1. The predicted octanol–water partition coefficient (Wildman–Crippen LogP) is 5.29. The first-order valence-electron chi connectivity index (χ1n) is 13.5. The topological polar surface area (TPSA) is 86.9 Å². The van der Waals surface area contributed by atoms with Gasteiger partial charge in [0.15, 0.2) is 5.78 Å². The van der Waals surface area contributed by atoms with E-state index in [2.05, 4.69) is 42.9 Å².